The Balaban J connectivity index is 1.39. The maximum Gasteiger partial charge on any atom is 0.246 e. The van der Waals surface area contributed by atoms with Gasteiger partial charge in [0.15, 0.2) is 11.5 Å². The number of rotatable bonds is 4. The number of nitriles is 1. The number of sulfonamides is 1. The predicted molar refractivity (Wildman–Crippen MR) is 108 cm³/mol. The van der Waals surface area contributed by atoms with Gasteiger partial charge >= 0.3 is 0 Å². The van der Waals surface area contributed by atoms with Crippen molar-refractivity contribution in [2.45, 2.75) is 4.90 Å². The van der Waals surface area contributed by atoms with Crippen LogP contribution in [0.2, 0.25) is 0 Å². The fraction of sp³-hybridized carbons (Fsp3) is 0.238. The topological polar surface area (TPSA) is 99.9 Å². The first kappa shape index (κ1) is 19.9. The van der Waals surface area contributed by atoms with Crippen molar-refractivity contribution in [1.29, 1.82) is 5.26 Å². The summed E-state index contributed by atoms with van der Waals surface area (Å²) in [6.45, 7) is 1.08. The standard InChI is InChI=1S/C21H19N3O5S/c22-14-17-3-1-2-4-20(17)30(26,27)24-11-9-23(10-12-24)21(25)8-6-16-5-7-18-19(13-16)29-15-28-18/h1-8,13H,9-12,15H2. The molecule has 0 radical (unpaired) electrons. The lowest BCUT2D eigenvalue weighted by atomic mass is 10.2. The van der Waals surface area contributed by atoms with E-state index in [1.165, 1.54) is 22.5 Å². The lowest BCUT2D eigenvalue weighted by Gasteiger charge is -2.33. The third-order valence-electron chi connectivity index (χ3n) is 4.99. The normalized spacial score (nSPS) is 16.6. The number of carbonyl (C=O) groups is 1. The minimum atomic E-state index is -3.79. The van der Waals surface area contributed by atoms with Crippen molar-refractivity contribution in [2.24, 2.45) is 0 Å². The van der Waals surface area contributed by atoms with E-state index >= 15 is 0 Å². The van der Waals surface area contributed by atoms with Crippen LogP contribution in [-0.4, -0.2) is 56.5 Å². The third kappa shape index (κ3) is 3.87. The van der Waals surface area contributed by atoms with Crippen molar-refractivity contribution in [3.63, 3.8) is 0 Å². The van der Waals surface area contributed by atoms with Crippen LogP contribution >= 0.6 is 0 Å². The van der Waals surface area contributed by atoms with Gasteiger partial charge < -0.3 is 14.4 Å². The zero-order valence-electron chi connectivity index (χ0n) is 16.0. The molecule has 0 spiro atoms. The van der Waals surface area contributed by atoms with Crippen LogP contribution in [0.4, 0.5) is 0 Å². The van der Waals surface area contributed by atoms with E-state index in [1.54, 1.807) is 35.2 Å². The quantitative estimate of drug-likeness (QED) is 0.693. The van der Waals surface area contributed by atoms with Crippen molar-refractivity contribution in [2.75, 3.05) is 33.0 Å². The first-order valence-corrected chi connectivity index (χ1v) is 10.8. The number of fused-ring (bicyclic) bond motifs is 1. The van der Waals surface area contributed by atoms with Gasteiger partial charge in [-0.15, -0.1) is 0 Å². The molecule has 0 atom stereocenters. The number of ether oxygens (including phenoxy) is 2. The number of hydrogen-bond donors (Lipinski definition) is 0. The summed E-state index contributed by atoms with van der Waals surface area (Å²) in [6, 6.07) is 13.5. The third-order valence-corrected chi connectivity index (χ3v) is 6.95. The summed E-state index contributed by atoms with van der Waals surface area (Å²) in [7, 11) is -3.79. The molecule has 0 unspecified atom stereocenters. The van der Waals surface area contributed by atoms with Crippen molar-refractivity contribution in [1.82, 2.24) is 9.21 Å². The Morgan fingerprint density at radius 2 is 1.77 bits per heavy atom. The number of amides is 1. The van der Waals surface area contributed by atoms with Gasteiger partial charge in [0.1, 0.15) is 6.07 Å². The second kappa shape index (κ2) is 8.18. The highest BCUT2D eigenvalue weighted by atomic mass is 32.2. The highest BCUT2D eigenvalue weighted by Crippen LogP contribution is 2.32. The number of hydrogen-bond acceptors (Lipinski definition) is 6. The molecule has 30 heavy (non-hydrogen) atoms. The summed E-state index contributed by atoms with van der Waals surface area (Å²) in [5.74, 6) is 1.12. The van der Waals surface area contributed by atoms with E-state index in [1.807, 2.05) is 12.1 Å². The first-order valence-electron chi connectivity index (χ1n) is 9.35. The number of carbonyl (C=O) groups excluding carboxylic acids is 1. The van der Waals surface area contributed by atoms with Gasteiger partial charge in [0, 0.05) is 32.3 Å². The van der Waals surface area contributed by atoms with Gasteiger partial charge in [-0.05, 0) is 35.9 Å². The fourth-order valence-corrected chi connectivity index (χ4v) is 4.93. The van der Waals surface area contributed by atoms with Gasteiger partial charge in [0.2, 0.25) is 22.7 Å². The van der Waals surface area contributed by atoms with Crippen LogP contribution in [0.15, 0.2) is 53.4 Å². The molecule has 2 aliphatic rings. The second-order valence-electron chi connectivity index (χ2n) is 6.78. The van der Waals surface area contributed by atoms with E-state index < -0.39 is 10.0 Å². The van der Waals surface area contributed by atoms with Crippen LogP contribution in [-0.2, 0) is 14.8 Å². The summed E-state index contributed by atoms with van der Waals surface area (Å²) in [4.78, 5) is 14.1. The average Bonchev–Trinajstić information content (AvgIpc) is 3.25. The van der Waals surface area contributed by atoms with E-state index in [4.69, 9.17) is 9.47 Å². The van der Waals surface area contributed by atoms with Crippen LogP contribution < -0.4 is 9.47 Å². The summed E-state index contributed by atoms with van der Waals surface area (Å²) >= 11 is 0. The molecule has 4 rings (SSSR count). The van der Waals surface area contributed by atoms with Crippen LogP contribution in [0.1, 0.15) is 11.1 Å². The van der Waals surface area contributed by atoms with E-state index in [2.05, 4.69) is 0 Å². The molecular formula is C21H19N3O5S. The molecule has 2 heterocycles. The minimum absolute atomic E-state index is 0.00465. The number of piperazine rings is 1. The Hall–Kier alpha value is -3.35. The van der Waals surface area contributed by atoms with Crippen LogP contribution in [0.5, 0.6) is 11.5 Å². The van der Waals surface area contributed by atoms with E-state index in [9.17, 15) is 18.5 Å². The zero-order valence-corrected chi connectivity index (χ0v) is 16.8. The Morgan fingerprint density at radius 1 is 1.03 bits per heavy atom. The highest BCUT2D eigenvalue weighted by molar-refractivity contribution is 7.89. The van der Waals surface area contributed by atoms with Crippen LogP contribution in [0, 0.1) is 11.3 Å². The Labute approximate surface area is 174 Å². The summed E-state index contributed by atoms with van der Waals surface area (Å²) in [6.07, 6.45) is 3.16. The zero-order chi connectivity index (χ0) is 21.1. The van der Waals surface area contributed by atoms with Crippen molar-refractivity contribution >= 4 is 22.0 Å². The summed E-state index contributed by atoms with van der Waals surface area (Å²) in [5, 5.41) is 9.19. The smallest absolute Gasteiger partial charge is 0.246 e. The van der Waals surface area contributed by atoms with Gasteiger partial charge in [-0.1, -0.05) is 18.2 Å². The van der Waals surface area contributed by atoms with Crippen molar-refractivity contribution in [3.05, 3.63) is 59.7 Å². The molecule has 0 aromatic heterocycles. The molecule has 2 aromatic carbocycles. The molecule has 0 N–H and O–H groups in total. The van der Waals surface area contributed by atoms with Crippen molar-refractivity contribution < 1.29 is 22.7 Å². The molecule has 1 amide bonds. The Bertz CT molecular complexity index is 1150. The van der Waals surface area contributed by atoms with E-state index in [0.717, 1.165) is 5.56 Å². The van der Waals surface area contributed by atoms with E-state index in [0.29, 0.717) is 11.5 Å². The molecule has 0 aliphatic carbocycles. The van der Waals surface area contributed by atoms with E-state index in [-0.39, 0.29) is 49.3 Å². The van der Waals surface area contributed by atoms with Gasteiger partial charge in [-0.25, -0.2) is 8.42 Å². The molecule has 154 valence electrons. The minimum Gasteiger partial charge on any atom is -0.454 e. The van der Waals surface area contributed by atoms with Crippen LogP contribution in [0.3, 0.4) is 0 Å². The lowest BCUT2D eigenvalue weighted by Crippen LogP contribution is -2.50. The lowest BCUT2D eigenvalue weighted by molar-refractivity contribution is -0.127. The highest BCUT2D eigenvalue weighted by Gasteiger charge is 2.31. The maximum absolute atomic E-state index is 12.9. The van der Waals surface area contributed by atoms with Crippen LogP contribution in [0.25, 0.3) is 6.08 Å². The Kier molecular flexibility index (Phi) is 5.44. The van der Waals surface area contributed by atoms with Gasteiger partial charge in [-0.2, -0.15) is 9.57 Å². The van der Waals surface area contributed by atoms with Gasteiger partial charge in [0.05, 0.1) is 10.5 Å². The second-order valence-corrected chi connectivity index (χ2v) is 8.69. The summed E-state index contributed by atoms with van der Waals surface area (Å²) in [5.41, 5.74) is 0.921. The molecule has 1 fully saturated rings. The fourth-order valence-electron chi connectivity index (χ4n) is 3.36. The molecule has 1 saturated heterocycles. The molecule has 0 bridgehead atoms. The Morgan fingerprint density at radius 3 is 2.53 bits per heavy atom. The SMILES string of the molecule is N#Cc1ccccc1S(=O)(=O)N1CCN(C(=O)C=Cc2ccc3c(c2)OCO3)CC1. The molecule has 9 heteroatoms. The van der Waals surface area contributed by atoms with Crippen molar-refractivity contribution in [3.8, 4) is 17.6 Å². The predicted octanol–water partition coefficient (Wildman–Crippen LogP) is 1.83. The summed E-state index contributed by atoms with van der Waals surface area (Å²) < 4.78 is 37.7. The molecule has 2 aliphatic heterocycles. The average molecular weight is 425 g/mol. The van der Waals surface area contributed by atoms with Gasteiger partial charge in [-0.3, -0.25) is 4.79 Å². The molecule has 8 nitrogen and oxygen atoms in total. The molecular weight excluding hydrogens is 406 g/mol. The maximum atomic E-state index is 12.9. The molecule has 0 saturated carbocycles. The largest absolute Gasteiger partial charge is 0.454 e. The number of benzene rings is 2. The number of nitrogens with zero attached hydrogens (tertiary/aromatic N) is 3. The van der Waals surface area contributed by atoms with Gasteiger partial charge in [0.25, 0.3) is 0 Å². The molecule has 2 aromatic rings. The monoisotopic (exact) mass is 425 g/mol. The first-order chi connectivity index (χ1) is 14.5.